The molecule has 2 aromatic carbocycles. The third kappa shape index (κ3) is 2.91. The van der Waals surface area contributed by atoms with Gasteiger partial charge in [0.1, 0.15) is 28.8 Å². The fraction of sp³-hybridized carbons (Fsp3) is 0.0588. The summed E-state index contributed by atoms with van der Waals surface area (Å²) in [5, 5.41) is 6.61. The summed E-state index contributed by atoms with van der Waals surface area (Å²) in [6.45, 7) is 1.77. The Morgan fingerprint density at radius 3 is 2.61 bits per heavy atom. The highest BCUT2D eigenvalue weighted by Gasteiger charge is 2.12. The zero-order valence-electron chi connectivity index (χ0n) is 12.3. The number of carbonyl (C=O) groups is 1. The van der Waals surface area contributed by atoms with Crippen LogP contribution >= 0.6 is 0 Å². The van der Waals surface area contributed by atoms with Gasteiger partial charge >= 0.3 is 0 Å². The monoisotopic (exact) mass is 311 g/mol. The van der Waals surface area contributed by atoms with E-state index in [9.17, 15) is 9.18 Å². The number of aldehydes is 1. The number of aromatic amines is 1. The van der Waals surface area contributed by atoms with Gasteiger partial charge in [0.15, 0.2) is 6.29 Å². The third-order valence-electron chi connectivity index (χ3n) is 3.44. The number of nitrogen functional groups attached to an aromatic ring is 1. The Balaban J connectivity index is 1.86. The maximum Gasteiger partial charge on any atom is 0.156 e. The molecular formula is C17H14FN3O2. The van der Waals surface area contributed by atoms with Crippen molar-refractivity contribution in [3.8, 4) is 22.8 Å². The van der Waals surface area contributed by atoms with Crippen LogP contribution in [0.2, 0.25) is 0 Å². The van der Waals surface area contributed by atoms with E-state index in [1.165, 1.54) is 12.1 Å². The van der Waals surface area contributed by atoms with Crippen LogP contribution in [-0.4, -0.2) is 16.5 Å². The Bertz CT molecular complexity index is 857. The molecule has 0 radical (unpaired) electrons. The minimum Gasteiger partial charge on any atom is -0.457 e. The maximum atomic E-state index is 13.1. The first-order chi connectivity index (χ1) is 11.1. The number of carbonyl (C=O) groups excluding carboxylic acids is 1. The lowest BCUT2D eigenvalue weighted by Gasteiger charge is -2.09. The Morgan fingerprint density at radius 1 is 1.22 bits per heavy atom. The lowest BCUT2D eigenvalue weighted by Crippen LogP contribution is -1.91. The van der Waals surface area contributed by atoms with Crippen molar-refractivity contribution in [3.63, 3.8) is 0 Å². The van der Waals surface area contributed by atoms with Crippen molar-refractivity contribution in [2.75, 3.05) is 5.73 Å². The van der Waals surface area contributed by atoms with Crippen LogP contribution in [0.1, 0.15) is 15.9 Å². The molecule has 1 aromatic heterocycles. The molecule has 3 rings (SSSR count). The number of hydrogen-bond donors (Lipinski definition) is 2. The summed E-state index contributed by atoms with van der Waals surface area (Å²) >= 11 is 0. The summed E-state index contributed by atoms with van der Waals surface area (Å²) in [5.41, 5.74) is 7.91. The quantitative estimate of drug-likeness (QED) is 0.720. The molecule has 0 fully saturated rings. The minimum absolute atomic E-state index is 0.234. The Hall–Kier alpha value is -3.15. The van der Waals surface area contributed by atoms with Crippen molar-refractivity contribution >= 4 is 12.1 Å². The molecule has 0 bridgehead atoms. The summed E-state index contributed by atoms with van der Waals surface area (Å²) in [6, 6.07) is 11.4. The van der Waals surface area contributed by atoms with E-state index in [0.717, 1.165) is 5.56 Å². The molecule has 116 valence electrons. The van der Waals surface area contributed by atoms with Gasteiger partial charge in [-0.1, -0.05) is 0 Å². The van der Waals surface area contributed by atoms with Gasteiger partial charge in [-0.25, -0.2) is 4.39 Å². The van der Waals surface area contributed by atoms with Crippen LogP contribution < -0.4 is 10.5 Å². The molecule has 0 saturated carbocycles. The van der Waals surface area contributed by atoms with Gasteiger partial charge in [-0.05, 0) is 55.0 Å². The number of ether oxygens (including phenoxy) is 1. The van der Waals surface area contributed by atoms with Crippen molar-refractivity contribution in [2.24, 2.45) is 0 Å². The van der Waals surface area contributed by atoms with Crippen LogP contribution in [-0.2, 0) is 0 Å². The fourth-order valence-corrected chi connectivity index (χ4v) is 2.24. The van der Waals surface area contributed by atoms with Gasteiger partial charge in [0.25, 0.3) is 0 Å². The van der Waals surface area contributed by atoms with E-state index in [4.69, 9.17) is 10.5 Å². The predicted molar refractivity (Wildman–Crippen MR) is 85.0 cm³/mol. The highest BCUT2D eigenvalue weighted by molar-refractivity contribution is 5.91. The Kier molecular flexibility index (Phi) is 3.80. The first kappa shape index (κ1) is 14.8. The molecule has 6 heteroatoms. The summed E-state index contributed by atoms with van der Waals surface area (Å²) < 4.78 is 18.8. The number of hydrogen-bond acceptors (Lipinski definition) is 4. The molecule has 23 heavy (non-hydrogen) atoms. The summed E-state index contributed by atoms with van der Waals surface area (Å²) in [6.07, 6.45) is 0.667. The molecule has 0 aliphatic rings. The Labute approximate surface area is 131 Å². The molecule has 3 aromatic rings. The van der Waals surface area contributed by atoms with E-state index < -0.39 is 0 Å². The number of nitrogens with one attached hydrogen (secondary N) is 1. The van der Waals surface area contributed by atoms with Crippen LogP contribution in [0.3, 0.4) is 0 Å². The van der Waals surface area contributed by atoms with Gasteiger partial charge in [-0.3, -0.25) is 9.89 Å². The van der Waals surface area contributed by atoms with E-state index in [1.807, 2.05) is 0 Å². The van der Waals surface area contributed by atoms with Crippen molar-refractivity contribution < 1.29 is 13.9 Å². The van der Waals surface area contributed by atoms with Crippen LogP contribution in [0.25, 0.3) is 11.3 Å². The molecule has 1 heterocycles. The maximum absolute atomic E-state index is 13.1. The molecule has 0 amide bonds. The van der Waals surface area contributed by atoms with Crippen molar-refractivity contribution in [1.82, 2.24) is 10.2 Å². The molecule has 3 N–H and O–H groups in total. The van der Waals surface area contributed by atoms with Gasteiger partial charge in [-0.15, -0.1) is 0 Å². The van der Waals surface area contributed by atoms with Crippen LogP contribution in [0.15, 0.2) is 42.5 Å². The second-order valence-corrected chi connectivity index (χ2v) is 5.05. The highest BCUT2D eigenvalue weighted by atomic mass is 19.1. The second-order valence-electron chi connectivity index (χ2n) is 5.05. The average Bonchev–Trinajstić information content (AvgIpc) is 2.91. The number of halogens is 1. The van der Waals surface area contributed by atoms with E-state index in [-0.39, 0.29) is 11.6 Å². The molecule has 0 aliphatic heterocycles. The Morgan fingerprint density at radius 2 is 1.96 bits per heavy atom. The van der Waals surface area contributed by atoms with Gasteiger partial charge in [0.05, 0.1) is 5.56 Å². The zero-order chi connectivity index (χ0) is 16.4. The van der Waals surface area contributed by atoms with E-state index >= 15 is 0 Å². The number of anilines is 1. The number of aryl methyl sites for hydroxylation is 1. The fourth-order valence-electron chi connectivity index (χ4n) is 2.24. The average molecular weight is 311 g/mol. The minimum atomic E-state index is -0.303. The number of nitrogens with zero attached hydrogens (tertiary/aromatic N) is 1. The van der Waals surface area contributed by atoms with Gasteiger partial charge in [0, 0.05) is 5.56 Å². The number of nitrogens with two attached hydrogens (primary N) is 1. The highest BCUT2D eigenvalue weighted by Crippen LogP contribution is 2.29. The SMILES string of the molecule is Cc1cc(F)ccc1Oc1ccc(-c2n[nH]c(N)c2C=O)cc1. The van der Waals surface area contributed by atoms with E-state index in [2.05, 4.69) is 10.2 Å². The topological polar surface area (TPSA) is 81.0 Å². The largest absolute Gasteiger partial charge is 0.457 e. The van der Waals surface area contributed by atoms with Crippen LogP contribution in [0.4, 0.5) is 10.2 Å². The standard InChI is InChI=1S/C17H14FN3O2/c1-10-8-12(18)4-7-15(10)23-13-5-2-11(3-6-13)16-14(9-22)17(19)21-20-16/h2-9H,1H3,(H3,19,20,21). The summed E-state index contributed by atoms with van der Waals surface area (Å²) in [5.74, 6) is 1.11. The molecule has 0 saturated heterocycles. The number of H-pyrrole nitrogens is 1. The lowest BCUT2D eigenvalue weighted by atomic mass is 10.1. The number of benzene rings is 2. The molecule has 0 atom stereocenters. The third-order valence-corrected chi connectivity index (χ3v) is 3.44. The van der Waals surface area contributed by atoms with Crippen LogP contribution in [0.5, 0.6) is 11.5 Å². The van der Waals surface area contributed by atoms with Crippen LogP contribution in [0, 0.1) is 12.7 Å². The van der Waals surface area contributed by atoms with Gasteiger partial charge in [0.2, 0.25) is 0 Å². The summed E-state index contributed by atoms with van der Waals surface area (Å²) in [7, 11) is 0. The normalized spacial score (nSPS) is 10.5. The zero-order valence-corrected chi connectivity index (χ0v) is 12.3. The molecule has 0 aliphatic carbocycles. The predicted octanol–water partition coefficient (Wildman–Crippen LogP) is 3.71. The van der Waals surface area contributed by atoms with Crippen molar-refractivity contribution in [2.45, 2.75) is 6.92 Å². The lowest BCUT2D eigenvalue weighted by molar-refractivity contribution is 0.112. The van der Waals surface area contributed by atoms with Crippen molar-refractivity contribution in [1.29, 1.82) is 0 Å². The second kappa shape index (κ2) is 5.92. The first-order valence-corrected chi connectivity index (χ1v) is 6.92. The van der Waals surface area contributed by atoms with Crippen molar-refractivity contribution in [3.05, 3.63) is 59.4 Å². The van der Waals surface area contributed by atoms with Gasteiger partial charge in [-0.2, -0.15) is 5.10 Å². The molecule has 0 spiro atoms. The molecule has 0 unspecified atom stereocenters. The van der Waals surface area contributed by atoms with Gasteiger partial charge < -0.3 is 10.5 Å². The number of aromatic nitrogens is 2. The van der Waals surface area contributed by atoms with E-state index in [0.29, 0.717) is 34.6 Å². The summed E-state index contributed by atoms with van der Waals surface area (Å²) in [4.78, 5) is 11.1. The first-order valence-electron chi connectivity index (χ1n) is 6.92. The molecular weight excluding hydrogens is 297 g/mol. The number of rotatable bonds is 4. The smallest absolute Gasteiger partial charge is 0.156 e. The van der Waals surface area contributed by atoms with E-state index in [1.54, 1.807) is 37.3 Å². The molecule has 5 nitrogen and oxygen atoms in total.